The van der Waals surface area contributed by atoms with Gasteiger partial charge in [0.1, 0.15) is 11.7 Å². The fraction of sp³-hybridized carbons (Fsp3) is 0.444. The molecule has 0 aliphatic heterocycles. The minimum Gasteiger partial charge on any atom is -0.423 e. The van der Waals surface area contributed by atoms with Crippen LogP contribution in [0.2, 0.25) is 0 Å². The van der Waals surface area contributed by atoms with Gasteiger partial charge < -0.3 is 20.2 Å². The first-order chi connectivity index (χ1) is 11.1. The molecule has 1 heterocycles. The van der Waals surface area contributed by atoms with Crippen molar-refractivity contribution in [3.05, 3.63) is 40.2 Å². The van der Waals surface area contributed by atoms with Crippen LogP contribution in [0.1, 0.15) is 33.3 Å². The van der Waals surface area contributed by atoms with E-state index in [-0.39, 0.29) is 17.6 Å². The number of benzene rings is 1. The van der Waals surface area contributed by atoms with Crippen LogP contribution in [0.3, 0.4) is 0 Å². The second kappa shape index (κ2) is 6.75. The minimum absolute atomic E-state index is 0.249. The van der Waals surface area contributed by atoms with Crippen LogP contribution in [0.25, 0.3) is 11.0 Å². The maximum atomic E-state index is 12.4. The van der Waals surface area contributed by atoms with Crippen molar-refractivity contribution < 1.29 is 19.7 Å². The van der Waals surface area contributed by atoms with Crippen LogP contribution in [0.15, 0.2) is 33.5 Å². The quantitative estimate of drug-likeness (QED) is 0.835. The number of fused-ring (bicyclic) bond motifs is 1. The van der Waals surface area contributed by atoms with Crippen LogP contribution in [0, 0.1) is 6.92 Å². The largest absolute Gasteiger partial charge is 0.423 e. The molecule has 1 amide bonds. The number of nitrogens with one attached hydrogen (secondary N) is 1. The Hall–Kier alpha value is -2.18. The summed E-state index contributed by atoms with van der Waals surface area (Å²) in [6.07, 6.45) is -0.328. The van der Waals surface area contributed by atoms with E-state index in [0.29, 0.717) is 11.3 Å². The summed E-state index contributed by atoms with van der Waals surface area (Å²) >= 11 is 0. The standard InChI is InChI=1S/C18H24N2O4/c1-10-8-15(21)23-14-9-12(6-7-13(10)14)20-17(22)16(19)11(2)24-18(3,4)5/h6-9,11,16H,19H2,1-5H3,(H,20,22)/p+1/t11-,16-/m0/s1. The molecule has 4 N–H and O–H groups in total. The molecule has 0 saturated carbocycles. The number of ether oxygens (including phenoxy) is 1. The Labute approximate surface area is 141 Å². The van der Waals surface area contributed by atoms with Crippen molar-refractivity contribution in [1.29, 1.82) is 0 Å². The Kier molecular flexibility index (Phi) is 5.11. The molecule has 0 saturated heterocycles. The monoisotopic (exact) mass is 333 g/mol. The number of amides is 1. The van der Waals surface area contributed by atoms with E-state index in [1.165, 1.54) is 6.07 Å². The number of carbonyl (C=O) groups excluding carboxylic acids is 1. The average molecular weight is 333 g/mol. The predicted octanol–water partition coefficient (Wildman–Crippen LogP) is 1.85. The number of hydrogen-bond donors (Lipinski definition) is 2. The summed E-state index contributed by atoms with van der Waals surface area (Å²) in [6, 6.07) is 6.11. The summed E-state index contributed by atoms with van der Waals surface area (Å²) in [5.74, 6) is -0.249. The van der Waals surface area contributed by atoms with Crippen molar-refractivity contribution >= 4 is 22.6 Å². The van der Waals surface area contributed by atoms with E-state index in [4.69, 9.17) is 9.15 Å². The van der Waals surface area contributed by atoms with E-state index in [1.54, 1.807) is 12.1 Å². The molecule has 2 rings (SSSR count). The molecule has 0 bridgehead atoms. The average Bonchev–Trinajstić information content (AvgIpc) is 2.43. The number of hydrogen-bond acceptors (Lipinski definition) is 4. The number of quaternary nitrogens is 1. The van der Waals surface area contributed by atoms with E-state index in [1.807, 2.05) is 40.7 Å². The van der Waals surface area contributed by atoms with Gasteiger partial charge in [-0.2, -0.15) is 0 Å². The zero-order valence-electron chi connectivity index (χ0n) is 14.8. The van der Waals surface area contributed by atoms with Crippen LogP contribution >= 0.6 is 0 Å². The highest BCUT2D eigenvalue weighted by atomic mass is 16.5. The zero-order chi connectivity index (χ0) is 18.1. The smallest absolute Gasteiger partial charge is 0.336 e. The zero-order valence-corrected chi connectivity index (χ0v) is 14.8. The number of anilines is 1. The van der Waals surface area contributed by atoms with Gasteiger partial charge in [-0.05, 0) is 52.3 Å². The Bertz CT molecular complexity index is 805. The Morgan fingerprint density at radius 2 is 1.96 bits per heavy atom. The van der Waals surface area contributed by atoms with Crippen molar-refractivity contribution in [2.45, 2.75) is 52.4 Å². The summed E-state index contributed by atoms with van der Waals surface area (Å²) in [7, 11) is 0. The Morgan fingerprint density at radius 3 is 2.58 bits per heavy atom. The highest BCUT2D eigenvalue weighted by Crippen LogP contribution is 2.21. The summed E-state index contributed by atoms with van der Waals surface area (Å²) in [4.78, 5) is 23.9. The molecule has 1 aromatic heterocycles. The highest BCUT2D eigenvalue weighted by molar-refractivity contribution is 5.96. The third-order valence-electron chi connectivity index (χ3n) is 3.66. The van der Waals surface area contributed by atoms with Crippen molar-refractivity contribution in [2.75, 3.05) is 5.32 Å². The van der Waals surface area contributed by atoms with Gasteiger partial charge in [-0.25, -0.2) is 4.79 Å². The molecule has 24 heavy (non-hydrogen) atoms. The van der Waals surface area contributed by atoms with Gasteiger partial charge in [0.25, 0.3) is 5.91 Å². The van der Waals surface area contributed by atoms with Gasteiger partial charge in [0, 0.05) is 23.2 Å². The summed E-state index contributed by atoms with van der Waals surface area (Å²) in [6.45, 7) is 9.46. The van der Waals surface area contributed by atoms with E-state index < -0.39 is 11.7 Å². The maximum Gasteiger partial charge on any atom is 0.336 e. The van der Waals surface area contributed by atoms with Gasteiger partial charge >= 0.3 is 5.63 Å². The number of aryl methyl sites for hydroxylation is 1. The second-order valence-electron chi connectivity index (χ2n) is 6.99. The molecule has 0 radical (unpaired) electrons. The molecule has 1 aromatic carbocycles. The van der Waals surface area contributed by atoms with Crippen LogP contribution in [0.4, 0.5) is 5.69 Å². The van der Waals surface area contributed by atoms with Crippen LogP contribution in [-0.2, 0) is 9.53 Å². The van der Waals surface area contributed by atoms with E-state index in [2.05, 4.69) is 11.1 Å². The number of rotatable bonds is 4. The third kappa shape index (κ3) is 4.43. The fourth-order valence-electron chi connectivity index (χ4n) is 2.49. The predicted molar refractivity (Wildman–Crippen MR) is 92.8 cm³/mol. The van der Waals surface area contributed by atoms with Crippen LogP contribution in [0.5, 0.6) is 0 Å². The topological polar surface area (TPSA) is 96.2 Å². The Balaban J connectivity index is 2.17. The molecule has 6 heteroatoms. The SMILES string of the molecule is Cc1cc(=O)oc2cc(NC(=O)[C@@H]([NH3+])[C@H](C)OC(C)(C)C)ccc12. The maximum absolute atomic E-state index is 12.4. The normalized spacial score (nSPS) is 14.4. The third-order valence-corrected chi connectivity index (χ3v) is 3.66. The van der Waals surface area contributed by atoms with Crippen molar-refractivity contribution in [1.82, 2.24) is 0 Å². The first-order valence-electron chi connectivity index (χ1n) is 7.93. The number of carbonyl (C=O) groups is 1. The van der Waals surface area contributed by atoms with Crippen LogP contribution in [-0.4, -0.2) is 23.7 Å². The first-order valence-corrected chi connectivity index (χ1v) is 7.93. The minimum atomic E-state index is -0.565. The van der Waals surface area contributed by atoms with Gasteiger partial charge in [0.15, 0.2) is 6.04 Å². The second-order valence-corrected chi connectivity index (χ2v) is 6.99. The molecular weight excluding hydrogens is 308 g/mol. The summed E-state index contributed by atoms with van der Waals surface area (Å²) < 4.78 is 11.0. The molecule has 0 fully saturated rings. The molecule has 0 aliphatic rings. The molecule has 0 spiro atoms. The molecule has 6 nitrogen and oxygen atoms in total. The van der Waals surface area contributed by atoms with E-state index in [9.17, 15) is 9.59 Å². The Morgan fingerprint density at radius 1 is 1.29 bits per heavy atom. The van der Waals surface area contributed by atoms with Gasteiger partial charge in [-0.1, -0.05) is 0 Å². The van der Waals surface area contributed by atoms with E-state index in [0.717, 1.165) is 10.9 Å². The first kappa shape index (κ1) is 18.2. The summed E-state index contributed by atoms with van der Waals surface area (Å²) in [5, 5.41) is 3.63. The van der Waals surface area contributed by atoms with Crippen molar-refractivity contribution in [3.63, 3.8) is 0 Å². The lowest BCUT2D eigenvalue weighted by Gasteiger charge is -2.26. The van der Waals surface area contributed by atoms with Crippen molar-refractivity contribution in [3.8, 4) is 0 Å². The molecule has 0 aliphatic carbocycles. The van der Waals surface area contributed by atoms with Gasteiger partial charge in [0.05, 0.1) is 5.60 Å². The lowest BCUT2D eigenvalue weighted by Crippen LogP contribution is -2.71. The lowest BCUT2D eigenvalue weighted by atomic mass is 10.1. The van der Waals surface area contributed by atoms with Gasteiger partial charge in [-0.15, -0.1) is 0 Å². The molecule has 130 valence electrons. The van der Waals surface area contributed by atoms with E-state index >= 15 is 0 Å². The van der Waals surface area contributed by atoms with Crippen LogP contribution < -0.4 is 16.7 Å². The lowest BCUT2D eigenvalue weighted by molar-refractivity contribution is -0.424. The van der Waals surface area contributed by atoms with Gasteiger partial charge in [0.2, 0.25) is 0 Å². The highest BCUT2D eigenvalue weighted by Gasteiger charge is 2.29. The molecule has 2 aromatic rings. The molecular formula is C18H25N2O4+. The van der Waals surface area contributed by atoms with Crippen molar-refractivity contribution in [2.24, 2.45) is 0 Å². The summed E-state index contributed by atoms with van der Waals surface area (Å²) in [5.41, 5.74) is 4.97. The van der Waals surface area contributed by atoms with Gasteiger partial charge in [-0.3, -0.25) is 4.79 Å². The molecule has 2 atom stereocenters. The fourth-order valence-corrected chi connectivity index (χ4v) is 2.49. The molecule has 0 unspecified atom stereocenters.